The molecule has 0 fully saturated rings. The number of unbranched alkanes of at least 4 members (excludes halogenated alkanes) is 14. The van der Waals surface area contributed by atoms with Crippen LogP contribution in [0.3, 0.4) is 0 Å². The summed E-state index contributed by atoms with van der Waals surface area (Å²) in [6, 6.07) is 10.9. The fourth-order valence-electron chi connectivity index (χ4n) is 4.79. The summed E-state index contributed by atoms with van der Waals surface area (Å²) in [5.41, 5.74) is 1.33. The lowest BCUT2D eigenvalue weighted by atomic mass is 10.0. The molecule has 1 unspecified atom stereocenters. The summed E-state index contributed by atoms with van der Waals surface area (Å²) >= 11 is 0. The van der Waals surface area contributed by atoms with Crippen molar-refractivity contribution in [2.24, 2.45) is 0 Å². The Morgan fingerprint density at radius 3 is 1.68 bits per heavy atom. The number of nitrogens with zero attached hydrogens (tertiary/aromatic N) is 2. The van der Waals surface area contributed by atoms with Gasteiger partial charge >= 0.3 is 0 Å². The standard InChI is InChI=1S/C29H50N2/c1-3-5-7-9-10-11-12-13-14-15-20-24-29-30(25-21-16-8-6-4-2)26-27-31(29)28-22-18-17-19-23-28/h17-19,22-23,26-27,29H,3-16,20-21,24-25H2,1-2H3. The van der Waals surface area contributed by atoms with E-state index >= 15 is 0 Å². The van der Waals surface area contributed by atoms with E-state index in [4.69, 9.17) is 0 Å². The highest BCUT2D eigenvalue weighted by molar-refractivity contribution is 5.51. The van der Waals surface area contributed by atoms with E-state index in [-0.39, 0.29) is 0 Å². The molecule has 176 valence electrons. The van der Waals surface area contributed by atoms with Crippen LogP contribution < -0.4 is 4.90 Å². The molecular weight excluding hydrogens is 376 g/mol. The largest absolute Gasteiger partial charge is 0.356 e. The Morgan fingerprint density at radius 2 is 1.10 bits per heavy atom. The predicted molar refractivity (Wildman–Crippen MR) is 138 cm³/mol. The first kappa shape index (κ1) is 25.8. The van der Waals surface area contributed by atoms with Gasteiger partial charge in [-0.05, 0) is 31.4 Å². The Balaban J connectivity index is 1.67. The van der Waals surface area contributed by atoms with Crippen molar-refractivity contribution in [2.75, 3.05) is 11.4 Å². The molecule has 1 aliphatic rings. The minimum atomic E-state index is 0.507. The summed E-state index contributed by atoms with van der Waals surface area (Å²) in [5.74, 6) is 0. The zero-order valence-electron chi connectivity index (χ0n) is 20.7. The van der Waals surface area contributed by atoms with E-state index < -0.39 is 0 Å². The molecule has 0 amide bonds. The molecule has 1 heterocycles. The van der Waals surface area contributed by atoms with Gasteiger partial charge in [0.1, 0.15) is 6.17 Å². The summed E-state index contributed by atoms with van der Waals surface area (Å²) in [4.78, 5) is 5.11. The molecule has 0 spiro atoms. The van der Waals surface area contributed by atoms with Crippen molar-refractivity contribution >= 4 is 5.69 Å². The Kier molecular flexibility index (Phi) is 14.3. The van der Waals surface area contributed by atoms with Crippen LogP contribution in [0.2, 0.25) is 0 Å². The van der Waals surface area contributed by atoms with Crippen molar-refractivity contribution in [3.05, 3.63) is 42.7 Å². The van der Waals surface area contributed by atoms with Gasteiger partial charge in [-0.2, -0.15) is 0 Å². The van der Waals surface area contributed by atoms with Crippen molar-refractivity contribution in [1.29, 1.82) is 0 Å². The van der Waals surface area contributed by atoms with E-state index in [0.717, 1.165) is 0 Å². The average molecular weight is 427 g/mol. The number of para-hydroxylation sites is 1. The Labute approximate surface area is 194 Å². The lowest BCUT2D eigenvalue weighted by molar-refractivity contribution is 0.273. The van der Waals surface area contributed by atoms with Gasteiger partial charge in [0.2, 0.25) is 0 Å². The molecule has 1 aliphatic heterocycles. The molecule has 0 N–H and O–H groups in total. The third kappa shape index (κ3) is 10.6. The van der Waals surface area contributed by atoms with Crippen LogP contribution in [-0.2, 0) is 0 Å². The van der Waals surface area contributed by atoms with E-state index in [0.29, 0.717) is 6.17 Å². The minimum absolute atomic E-state index is 0.507. The number of hydrogen-bond donors (Lipinski definition) is 0. The summed E-state index contributed by atoms with van der Waals surface area (Å²) in [7, 11) is 0. The van der Waals surface area contributed by atoms with E-state index in [1.165, 1.54) is 121 Å². The number of hydrogen-bond acceptors (Lipinski definition) is 2. The van der Waals surface area contributed by atoms with Crippen LogP contribution in [0.5, 0.6) is 0 Å². The highest BCUT2D eigenvalue weighted by Crippen LogP contribution is 2.28. The molecule has 2 rings (SSSR count). The maximum atomic E-state index is 2.61. The van der Waals surface area contributed by atoms with Crippen molar-refractivity contribution in [3.8, 4) is 0 Å². The van der Waals surface area contributed by atoms with E-state index in [9.17, 15) is 0 Å². The Morgan fingerprint density at radius 1 is 0.581 bits per heavy atom. The molecule has 0 bridgehead atoms. The molecule has 0 saturated heterocycles. The van der Waals surface area contributed by atoms with Crippen LogP contribution in [0.25, 0.3) is 0 Å². The smallest absolute Gasteiger partial charge is 0.105 e. The van der Waals surface area contributed by atoms with Crippen LogP contribution in [0, 0.1) is 0 Å². The normalized spacial score (nSPS) is 15.9. The molecule has 2 nitrogen and oxygen atoms in total. The topological polar surface area (TPSA) is 6.48 Å². The maximum Gasteiger partial charge on any atom is 0.105 e. The van der Waals surface area contributed by atoms with Crippen LogP contribution in [0.1, 0.15) is 123 Å². The zero-order chi connectivity index (χ0) is 22.0. The summed E-state index contributed by atoms with van der Waals surface area (Å²) in [6.07, 6.45) is 28.8. The second kappa shape index (κ2) is 17.2. The number of anilines is 1. The lowest BCUT2D eigenvalue weighted by Crippen LogP contribution is -2.39. The van der Waals surface area contributed by atoms with Crippen molar-refractivity contribution in [1.82, 2.24) is 4.90 Å². The van der Waals surface area contributed by atoms with E-state index in [1.807, 2.05) is 0 Å². The van der Waals surface area contributed by atoms with Crippen molar-refractivity contribution < 1.29 is 0 Å². The van der Waals surface area contributed by atoms with Gasteiger partial charge in [-0.15, -0.1) is 0 Å². The zero-order valence-corrected chi connectivity index (χ0v) is 20.7. The second-order valence-electron chi connectivity index (χ2n) is 9.50. The van der Waals surface area contributed by atoms with Gasteiger partial charge < -0.3 is 9.80 Å². The molecule has 1 atom stereocenters. The molecule has 1 aromatic carbocycles. The van der Waals surface area contributed by atoms with Gasteiger partial charge in [-0.1, -0.05) is 122 Å². The third-order valence-corrected chi connectivity index (χ3v) is 6.76. The molecule has 31 heavy (non-hydrogen) atoms. The monoisotopic (exact) mass is 426 g/mol. The highest BCUT2D eigenvalue weighted by atomic mass is 15.4. The Hall–Kier alpha value is -1.44. The first-order valence-electron chi connectivity index (χ1n) is 13.6. The average Bonchev–Trinajstić information content (AvgIpc) is 3.20. The van der Waals surface area contributed by atoms with Gasteiger partial charge in [0.05, 0.1) is 0 Å². The minimum Gasteiger partial charge on any atom is -0.356 e. The number of rotatable bonds is 19. The van der Waals surface area contributed by atoms with Gasteiger partial charge in [0.15, 0.2) is 0 Å². The highest BCUT2D eigenvalue weighted by Gasteiger charge is 2.26. The van der Waals surface area contributed by atoms with Crippen molar-refractivity contribution in [3.63, 3.8) is 0 Å². The van der Waals surface area contributed by atoms with Crippen LogP contribution in [0.15, 0.2) is 42.7 Å². The van der Waals surface area contributed by atoms with Crippen molar-refractivity contribution in [2.45, 2.75) is 129 Å². The summed E-state index contributed by atoms with van der Waals surface area (Å²) in [5, 5.41) is 0. The van der Waals surface area contributed by atoms with Gasteiger partial charge in [0, 0.05) is 24.6 Å². The SMILES string of the molecule is CCCCCCCCCCCCCC1N(CCCCCCC)C=CN1c1ccccc1. The molecule has 1 aromatic rings. The Bertz CT molecular complexity index is 553. The number of benzene rings is 1. The molecule has 2 heteroatoms. The van der Waals surface area contributed by atoms with E-state index in [1.54, 1.807) is 0 Å². The summed E-state index contributed by atoms with van der Waals surface area (Å²) in [6.45, 7) is 5.80. The molecular formula is C29H50N2. The van der Waals surface area contributed by atoms with Crippen LogP contribution in [-0.4, -0.2) is 17.6 Å². The molecule has 0 radical (unpaired) electrons. The third-order valence-electron chi connectivity index (χ3n) is 6.76. The summed E-state index contributed by atoms with van der Waals surface area (Å²) < 4.78 is 0. The first-order valence-corrected chi connectivity index (χ1v) is 13.6. The second-order valence-corrected chi connectivity index (χ2v) is 9.50. The maximum absolute atomic E-state index is 2.61. The van der Waals surface area contributed by atoms with Crippen LogP contribution >= 0.6 is 0 Å². The first-order chi connectivity index (χ1) is 15.4. The van der Waals surface area contributed by atoms with E-state index in [2.05, 4.69) is 66.4 Å². The molecule has 0 aromatic heterocycles. The molecule has 0 aliphatic carbocycles. The van der Waals surface area contributed by atoms with Crippen LogP contribution in [0.4, 0.5) is 5.69 Å². The lowest BCUT2D eigenvalue weighted by Gasteiger charge is -2.33. The van der Waals surface area contributed by atoms with Gasteiger partial charge in [0.25, 0.3) is 0 Å². The fraction of sp³-hybridized carbons (Fsp3) is 0.724. The quantitative estimate of drug-likeness (QED) is 0.203. The fourth-order valence-corrected chi connectivity index (χ4v) is 4.79. The predicted octanol–water partition coefficient (Wildman–Crippen LogP) is 9.28. The van der Waals surface area contributed by atoms with Gasteiger partial charge in [-0.25, -0.2) is 0 Å². The van der Waals surface area contributed by atoms with Gasteiger partial charge in [-0.3, -0.25) is 0 Å². The molecule has 0 saturated carbocycles.